The molecule has 0 N–H and O–H groups in total. The zero-order valence-corrected chi connectivity index (χ0v) is 33.8. The van der Waals surface area contributed by atoms with Crippen LogP contribution < -0.4 is 35.2 Å². The third-order valence-electron chi connectivity index (χ3n) is 9.08. The molecule has 0 aliphatic heterocycles. The van der Waals surface area contributed by atoms with E-state index in [1.165, 1.54) is 64.6 Å². The van der Waals surface area contributed by atoms with Crippen molar-refractivity contribution < 1.29 is 44.0 Å². The maximum atomic E-state index is 2.34. The second-order valence-electron chi connectivity index (χ2n) is 14.7. The SMILES string of the molecule is CC(C)(C)c1ccc2c(c1)[cH-]c1ccccc12.CC(C)(C)c1ccc2c(c1)[cH-]c1ccccc12.[Cl-].[Cl-].[Ti+2]=[Si](c1ccccc1)c1ccccc1. The molecule has 0 saturated carbocycles. The van der Waals surface area contributed by atoms with Gasteiger partial charge in [-0.2, -0.15) is 0 Å². The molecule has 8 rings (SSSR count). The van der Waals surface area contributed by atoms with Crippen LogP contribution in [0.1, 0.15) is 52.7 Å². The monoisotopic (exact) mass is 742 g/mol. The summed E-state index contributed by atoms with van der Waals surface area (Å²) in [5.41, 5.74) is 3.25. The summed E-state index contributed by atoms with van der Waals surface area (Å²) in [6, 6.07) is 57.0. The van der Waals surface area contributed by atoms with Gasteiger partial charge < -0.3 is 24.8 Å². The van der Waals surface area contributed by atoms with Crippen LogP contribution in [0, 0.1) is 0 Å². The van der Waals surface area contributed by atoms with Crippen LogP contribution in [-0.4, -0.2) is 6.19 Å². The van der Waals surface area contributed by atoms with Crippen molar-refractivity contribution in [3.63, 3.8) is 0 Å². The normalized spacial score (nSPS) is 11.2. The Bertz CT molecular complexity index is 2150. The molecule has 50 heavy (non-hydrogen) atoms. The second-order valence-corrected chi connectivity index (χ2v) is 18.9. The van der Waals surface area contributed by atoms with Gasteiger partial charge in [-0.25, -0.2) is 0 Å². The number of hydrogen-bond donors (Lipinski definition) is 0. The summed E-state index contributed by atoms with van der Waals surface area (Å²) < 4.78 is 0. The van der Waals surface area contributed by atoms with Crippen molar-refractivity contribution in [3.05, 3.63) is 169 Å². The Morgan fingerprint density at radius 1 is 0.400 bits per heavy atom. The van der Waals surface area contributed by atoms with Gasteiger partial charge in [0.1, 0.15) is 0 Å². The van der Waals surface area contributed by atoms with Crippen LogP contribution in [0.25, 0.3) is 43.1 Å². The molecular weight excluding hydrogens is 699 g/mol. The minimum absolute atomic E-state index is 0. The van der Waals surface area contributed by atoms with Crippen molar-refractivity contribution in [2.75, 3.05) is 0 Å². The molecule has 8 aromatic carbocycles. The van der Waals surface area contributed by atoms with Gasteiger partial charge in [0.15, 0.2) is 0 Å². The standard InChI is InChI=1S/2C17H17.C12H10Si.2ClH.Ti/c2*1-17(2,3)14-8-9-16-13(11-14)10-12-6-4-5-7-15(12)16;1-3-7-11(8-4-1)13-12-9-5-2-6-10-12;;;/h2*4-11H,1-3H3;1-10H;2*1H;/q2*-1;;;;+2/p-2. The molecule has 0 heterocycles. The second kappa shape index (κ2) is 16.7. The molecule has 0 radical (unpaired) electrons. The molecule has 0 spiro atoms. The summed E-state index contributed by atoms with van der Waals surface area (Å²) in [7, 11) is 0. The van der Waals surface area contributed by atoms with Crippen LogP contribution in [0.4, 0.5) is 0 Å². The van der Waals surface area contributed by atoms with Crippen molar-refractivity contribution in [2.45, 2.75) is 52.4 Å². The number of benzene rings is 6. The van der Waals surface area contributed by atoms with Crippen molar-refractivity contribution in [3.8, 4) is 0 Å². The fourth-order valence-electron chi connectivity index (χ4n) is 6.24. The van der Waals surface area contributed by atoms with Crippen LogP contribution in [-0.2, 0) is 30.0 Å². The maximum absolute atomic E-state index is 2.34. The van der Waals surface area contributed by atoms with Gasteiger partial charge in [0.25, 0.3) is 0 Å². The number of fused-ring (bicyclic) bond motifs is 6. The van der Waals surface area contributed by atoms with Gasteiger partial charge in [0.05, 0.1) is 0 Å². The topological polar surface area (TPSA) is 0 Å². The Labute approximate surface area is 322 Å². The summed E-state index contributed by atoms with van der Waals surface area (Å²) in [4.78, 5) is 0. The van der Waals surface area contributed by atoms with E-state index in [4.69, 9.17) is 0 Å². The number of rotatable bonds is 2. The first-order valence-corrected chi connectivity index (χ1v) is 20.7. The van der Waals surface area contributed by atoms with Gasteiger partial charge in [-0.1, -0.05) is 113 Å². The van der Waals surface area contributed by atoms with Gasteiger partial charge >= 0.3 is 96.4 Å². The minimum atomic E-state index is -0.545. The van der Waals surface area contributed by atoms with E-state index in [1.54, 1.807) is 0 Å². The van der Waals surface area contributed by atoms with E-state index < -0.39 is 6.19 Å². The van der Waals surface area contributed by atoms with Crippen LogP contribution >= 0.6 is 0 Å². The first-order valence-electron chi connectivity index (χ1n) is 16.9. The fourth-order valence-corrected chi connectivity index (χ4v) is 9.18. The van der Waals surface area contributed by atoms with Crippen LogP contribution in [0.5, 0.6) is 0 Å². The van der Waals surface area contributed by atoms with Gasteiger partial charge in [-0.15, -0.1) is 79.5 Å². The Morgan fingerprint density at radius 2 is 0.720 bits per heavy atom. The van der Waals surface area contributed by atoms with Crippen molar-refractivity contribution in [1.82, 2.24) is 0 Å². The van der Waals surface area contributed by atoms with E-state index >= 15 is 0 Å². The van der Waals surface area contributed by atoms with Crippen LogP contribution in [0.3, 0.4) is 0 Å². The molecule has 0 unspecified atom stereocenters. The van der Waals surface area contributed by atoms with Crippen molar-refractivity contribution in [2.24, 2.45) is 0 Å². The molecule has 0 nitrogen and oxygen atoms in total. The van der Waals surface area contributed by atoms with Crippen LogP contribution in [0.15, 0.2) is 158 Å². The zero-order valence-electron chi connectivity index (χ0n) is 29.8. The molecular formula is C46H44Cl2SiTi-2. The molecule has 0 atom stereocenters. The Morgan fingerprint density at radius 3 is 1.08 bits per heavy atom. The Kier molecular flexibility index (Phi) is 13.2. The molecule has 4 heteroatoms. The van der Waals surface area contributed by atoms with E-state index in [9.17, 15) is 0 Å². The van der Waals surface area contributed by atoms with E-state index in [-0.39, 0.29) is 35.6 Å². The predicted molar refractivity (Wildman–Crippen MR) is 209 cm³/mol. The predicted octanol–water partition coefficient (Wildman–Crippen LogP) is 5.37. The van der Waals surface area contributed by atoms with Crippen molar-refractivity contribution in [1.29, 1.82) is 0 Å². The van der Waals surface area contributed by atoms with Gasteiger partial charge in [-0.05, 0) is 10.8 Å². The quantitative estimate of drug-likeness (QED) is 0.165. The molecule has 0 bridgehead atoms. The summed E-state index contributed by atoms with van der Waals surface area (Å²) in [6.07, 6.45) is -0.545. The van der Waals surface area contributed by atoms with Crippen LogP contribution in [0.2, 0.25) is 0 Å². The van der Waals surface area contributed by atoms with E-state index in [2.05, 4.69) is 218 Å². The molecule has 252 valence electrons. The number of halogens is 2. The third-order valence-corrected chi connectivity index (χ3v) is 13.6. The average molecular weight is 744 g/mol. The fraction of sp³-hybridized carbons (Fsp3) is 0.174. The van der Waals surface area contributed by atoms with Gasteiger partial charge in [0, 0.05) is 0 Å². The van der Waals surface area contributed by atoms with Gasteiger partial charge in [0.2, 0.25) is 0 Å². The first-order chi connectivity index (χ1) is 23.0. The molecule has 0 aromatic heterocycles. The van der Waals surface area contributed by atoms with E-state index in [0.29, 0.717) is 0 Å². The molecule has 0 aliphatic carbocycles. The molecule has 0 amide bonds. The first kappa shape index (κ1) is 39.4. The summed E-state index contributed by atoms with van der Waals surface area (Å²) in [5, 5.41) is 13.8. The zero-order chi connectivity index (χ0) is 33.9. The molecule has 0 aliphatic rings. The molecule has 0 fully saturated rings. The summed E-state index contributed by atoms with van der Waals surface area (Å²) in [5.74, 6) is 0. The summed E-state index contributed by atoms with van der Waals surface area (Å²) in [6.45, 7) is 13.6. The van der Waals surface area contributed by atoms with E-state index in [0.717, 1.165) is 0 Å². The summed E-state index contributed by atoms with van der Waals surface area (Å²) >= 11 is 2.34. The van der Waals surface area contributed by atoms with E-state index in [1.807, 2.05) is 0 Å². The van der Waals surface area contributed by atoms with Gasteiger partial charge in [-0.3, -0.25) is 0 Å². The van der Waals surface area contributed by atoms with Crippen molar-refractivity contribution >= 4 is 59.6 Å². The Balaban J connectivity index is 0.000000166. The third kappa shape index (κ3) is 9.07. The average Bonchev–Trinajstić information content (AvgIpc) is 3.66. The number of hydrogen-bond acceptors (Lipinski definition) is 0. The molecule has 0 saturated heterocycles. The Hall–Kier alpha value is -3.43. The molecule has 8 aromatic rings.